The third kappa shape index (κ3) is 4.41. The molecule has 1 N–H and O–H groups in total. The number of halogens is 2. The Morgan fingerprint density at radius 1 is 1.11 bits per heavy atom. The fourth-order valence-electron chi connectivity index (χ4n) is 2.48. The molecule has 0 amide bonds. The number of benzene rings is 2. The van der Waals surface area contributed by atoms with Gasteiger partial charge >= 0.3 is 5.97 Å². The number of hydrogen-bond donors (Lipinski definition) is 1. The number of nitrogens with zero attached hydrogens (tertiary/aromatic N) is 1. The lowest BCUT2D eigenvalue weighted by Gasteiger charge is -2.06. The number of aromatic amines is 1. The van der Waals surface area contributed by atoms with Crippen molar-refractivity contribution in [2.24, 2.45) is 0 Å². The number of nitrogens with one attached hydrogen (secondary N) is 1. The minimum Gasteiger partial charge on any atom is -0.457 e. The molecule has 3 rings (SSSR count). The average Bonchev–Trinajstić information content (AvgIpc) is 2.66. The maximum atomic E-state index is 13.5. The summed E-state index contributed by atoms with van der Waals surface area (Å²) in [6, 6.07) is 9.23. The van der Waals surface area contributed by atoms with Crippen LogP contribution in [0.4, 0.5) is 8.78 Å². The summed E-state index contributed by atoms with van der Waals surface area (Å²) in [6.07, 6.45) is -0.0401. The molecule has 0 aliphatic heterocycles. The molecule has 27 heavy (non-hydrogen) atoms. The first-order valence-corrected chi connectivity index (χ1v) is 8.06. The number of aryl methyl sites for hydroxylation is 1. The standard InChI is InChI=1S/C19H14F2N2O4/c20-11-5-6-14(21)13(9-11)16(24)10-27-18(25)8-7-17-22-15-4-2-1-3-12(15)19(26)23-17/h1-6,9H,7-8,10H2,(H,22,23,26). The molecule has 0 radical (unpaired) electrons. The number of fused-ring (bicyclic) bond motifs is 1. The lowest BCUT2D eigenvalue weighted by molar-refractivity contribution is -0.142. The van der Waals surface area contributed by atoms with E-state index in [1.54, 1.807) is 24.3 Å². The highest BCUT2D eigenvalue weighted by molar-refractivity contribution is 5.98. The van der Waals surface area contributed by atoms with Crippen LogP contribution in [0.2, 0.25) is 0 Å². The van der Waals surface area contributed by atoms with Crippen LogP contribution in [0.15, 0.2) is 47.3 Å². The summed E-state index contributed by atoms with van der Waals surface area (Å²) < 4.78 is 31.4. The van der Waals surface area contributed by atoms with E-state index < -0.39 is 35.6 Å². The third-order valence-electron chi connectivity index (χ3n) is 3.82. The van der Waals surface area contributed by atoms with Gasteiger partial charge in [-0.3, -0.25) is 14.4 Å². The number of ether oxygens (including phenoxy) is 1. The van der Waals surface area contributed by atoms with Crippen molar-refractivity contribution in [1.82, 2.24) is 9.97 Å². The number of aromatic nitrogens is 2. The van der Waals surface area contributed by atoms with Crippen molar-refractivity contribution in [3.8, 4) is 0 Å². The van der Waals surface area contributed by atoms with Crippen LogP contribution in [0.5, 0.6) is 0 Å². The van der Waals surface area contributed by atoms with Crippen molar-refractivity contribution in [1.29, 1.82) is 0 Å². The molecule has 0 unspecified atom stereocenters. The Hall–Kier alpha value is -3.42. The van der Waals surface area contributed by atoms with Gasteiger partial charge < -0.3 is 9.72 Å². The molecule has 0 saturated carbocycles. The Labute approximate surface area is 151 Å². The summed E-state index contributed by atoms with van der Waals surface area (Å²) >= 11 is 0. The zero-order valence-corrected chi connectivity index (χ0v) is 14.0. The second-order valence-corrected chi connectivity index (χ2v) is 5.74. The normalized spacial score (nSPS) is 10.7. The lowest BCUT2D eigenvalue weighted by atomic mass is 10.1. The number of Topliss-reactive ketones (excluding diaryl/α,β-unsaturated/α-hetero) is 1. The van der Waals surface area contributed by atoms with E-state index in [1.165, 1.54) is 0 Å². The third-order valence-corrected chi connectivity index (χ3v) is 3.82. The van der Waals surface area contributed by atoms with Crippen LogP contribution in [0, 0.1) is 11.6 Å². The van der Waals surface area contributed by atoms with Gasteiger partial charge in [0.1, 0.15) is 17.5 Å². The summed E-state index contributed by atoms with van der Waals surface area (Å²) in [6.45, 7) is -0.707. The van der Waals surface area contributed by atoms with Crippen LogP contribution in [-0.2, 0) is 16.0 Å². The van der Waals surface area contributed by atoms with Crippen LogP contribution in [0.25, 0.3) is 10.9 Å². The number of rotatable bonds is 6. The summed E-state index contributed by atoms with van der Waals surface area (Å²) in [5.74, 6) is -2.93. The van der Waals surface area contributed by atoms with Crippen LogP contribution < -0.4 is 5.56 Å². The van der Waals surface area contributed by atoms with Crippen LogP contribution in [-0.4, -0.2) is 28.3 Å². The number of hydrogen-bond acceptors (Lipinski definition) is 5. The smallest absolute Gasteiger partial charge is 0.306 e. The highest BCUT2D eigenvalue weighted by atomic mass is 19.1. The fourth-order valence-corrected chi connectivity index (χ4v) is 2.48. The van der Waals surface area contributed by atoms with E-state index in [0.717, 1.165) is 18.2 Å². The Balaban J connectivity index is 1.58. The van der Waals surface area contributed by atoms with Crippen molar-refractivity contribution in [3.05, 3.63) is 75.8 Å². The zero-order valence-electron chi connectivity index (χ0n) is 14.0. The molecule has 0 fully saturated rings. The Kier molecular flexibility index (Phi) is 5.35. The van der Waals surface area contributed by atoms with E-state index in [0.29, 0.717) is 16.7 Å². The number of para-hydroxylation sites is 1. The highest BCUT2D eigenvalue weighted by Crippen LogP contribution is 2.11. The molecule has 1 heterocycles. The fraction of sp³-hybridized carbons (Fsp3) is 0.158. The van der Waals surface area contributed by atoms with Crippen LogP contribution in [0.3, 0.4) is 0 Å². The first-order chi connectivity index (χ1) is 12.9. The predicted octanol–water partition coefficient (Wildman–Crippen LogP) is 2.56. The maximum absolute atomic E-state index is 13.5. The van der Waals surface area contributed by atoms with Gasteiger partial charge in [0.15, 0.2) is 6.61 Å². The number of ketones is 1. The minimum absolute atomic E-state index is 0.0986. The summed E-state index contributed by atoms with van der Waals surface area (Å²) in [5, 5.41) is 0.437. The molecule has 8 heteroatoms. The first-order valence-electron chi connectivity index (χ1n) is 8.06. The largest absolute Gasteiger partial charge is 0.457 e. The molecule has 0 aliphatic carbocycles. The van der Waals surface area contributed by atoms with Gasteiger partial charge in [-0.05, 0) is 30.3 Å². The second kappa shape index (κ2) is 7.86. The van der Waals surface area contributed by atoms with Crippen molar-refractivity contribution < 1.29 is 23.1 Å². The molecular weight excluding hydrogens is 358 g/mol. The van der Waals surface area contributed by atoms with Gasteiger partial charge in [-0.15, -0.1) is 0 Å². The summed E-state index contributed by atoms with van der Waals surface area (Å²) in [7, 11) is 0. The Morgan fingerprint density at radius 3 is 2.70 bits per heavy atom. The molecule has 0 aliphatic rings. The average molecular weight is 372 g/mol. The van der Waals surface area contributed by atoms with Gasteiger partial charge in [0, 0.05) is 6.42 Å². The van der Waals surface area contributed by atoms with E-state index in [1.807, 2.05) is 0 Å². The lowest BCUT2D eigenvalue weighted by Crippen LogP contribution is -2.17. The molecule has 0 atom stereocenters. The number of H-pyrrole nitrogens is 1. The Morgan fingerprint density at radius 2 is 1.89 bits per heavy atom. The van der Waals surface area contributed by atoms with Crippen molar-refractivity contribution >= 4 is 22.7 Å². The molecule has 1 aromatic heterocycles. The molecule has 2 aromatic carbocycles. The number of carbonyl (C=O) groups excluding carboxylic acids is 2. The second-order valence-electron chi connectivity index (χ2n) is 5.74. The van der Waals surface area contributed by atoms with Crippen molar-refractivity contribution in [3.63, 3.8) is 0 Å². The van der Waals surface area contributed by atoms with Crippen LogP contribution >= 0.6 is 0 Å². The van der Waals surface area contributed by atoms with E-state index in [-0.39, 0.29) is 18.4 Å². The van der Waals surface area contributed by atoms with Gasteiger partial charge in [-0.2, -0.15) is 0 Å². The molecule has 138 valence electrons. The zero-order chi connectivity index (χ0) is 19.4. The molecule has 6 nitrogen and oxygen atoms in total. The highest BCUT2D eigenvalue weighted by Gasteiger charge is 2.15. The van der Waals surface area contributed by atoms with Gasteiger partial charge in [0.25, 0.3) is 5.56 Å². The minimum atomic E-state index is -0.893. The summed E-state index contributed by atoms with van der Waals surface area (Å²) in [4.78, 5) is 42.4. The van der Waals surface area contributed by atoms with Crippen LogP contribution in [0.1, 0.15) is 22.6 Å². The topological polar surface area (TPSA) is 89.1 Å². The SMILES string of the molecule is O=C(CCc1nc2ccccc2c(=O)[nH]1)OCC(=O)c1cc(F)ccc1F. The number of carbonyl (C=O) groups is 2. The summed E-state index contributed by atoms with van der Waals surface area (Å²) in [5.41, 5.74) is -0.301. The number of esters is 1. The monoisotopic (exact) mass is 372 g/mol. The van der Waals surface area contributed by atoms with Crippen molar-refractivity contribution in [2.75, 3.05) is 6.61 Å². The predicted molar refractivity (Wildman–Crippen MR) is 92.3 cm³/mol. The Bertz CT molecular complexity index is 1080. The van der Waals surface area contributed by atoms with Gasteiger partial charge in [0.2, 0.25) is 5.78 Å². The molecular formula is C19H14F2N2O4. The van der Waals surface area contributed by atoms with Gasteiger partial charge in [0.05, 0.1) is 22.9 Å². The van der Waals surface area contributed by atoms with Gasteiger partial charge in [-0.1, -0.05) is 12.1 Å². The van der Waals surface area contributed by atoms with E-state index in [2.05, 4.69) is 9.97 Å². The van der Waals surface area contributed by atoms with E-state index >= 15 is 0 Å². The molecule has 0 bridgehead atoms. The quantitative estimate of drug-likeness (QED) is 0.531. The molecule has 0 saturated heterocycles. The van der Waals surface area contributed by atoms with Crippen molar-refractivity contribution in [2.45, 2.75) is 12.8 Å². The van der Waals surface area contributed by atoms with Gasteiger partial charge in [-0.25, -0.2) is 13.8 Å². The maximum Gasteiger partial charge on any atom is 0.306 e. The van der Waals surface area contributed by atoms with E-state index in [4.69, 9.17) is 4.74 Å². The van der Waals surface area contributed by atoms with E-state index in [9.17, 15) is 23.2 Å². The molecule has 3 aromatic rings. The first kappa shape index (κ1) is 18.4. The molecule has 0 spiro atoms.